The Hall–Kier alpha value is -1.32. The molecule has 1 aromatic rings. The summed E-state index contributed by atoms with van der Waals surface area (Å²) >= 11 is 0. The topological polar surface area (TPSA) is 63.3 Å². The first-order chi connectivity index (χ1) is 6.27. The minimum Gasteiger partial charge on any atom is -0.481 e. The Bertz CT molecular complexity index is 179. The van der Waals surface area contributed by atoms with Crippen molar-refractivity contribution in [2.24, 2.45) is 0 Å². The van der Waals surface area contributed by atoms with Gasteiger partial charge in [0.25, 0.3) is 0 Å². The average molecular weight is 185 g/mol. The van der Waals surface area contributed by atoms with E-state index >= 15 is 0 Å². The molecule has 1 heterocycles. The first-order valence-electron chi connectivity index (χ1n) is 4.31. The van der Waals surface area contributed by atoms with Gasteiger partial charge in [0, 0.05) is 6.42 Å². The normalized spacial score (nSPS) is 8.69. The molecule has 1 N–H and O–H groups in total. The molecule has 0 aliphatic heterocycles. The minimum absolute atomic E-state index is 0.327. The van der Waals surface area contributed by atoms with Crippen LogP contribution in [0.5, 0.6) is 0 Å². The van der Waals surface area contributed by atoms with Gasteiger partial charge in [0.05, 0.1) is 6.20 Å². The summed E-state index contributed by atoms with van der Waals surface area (Å²) in [6.07, 6.45) is 7.75. The molecule has 0 radical (unpaired) electrons. The van der Waals surface area contributed by atoms with Crippen molar-refractivity contribution in [2.75, 3.05) is 0 Å². The van der Waals surface area contributed by atoms with Crippen LogP contribution in [0, 0.1) is 0 Å². The fourth-order valence-corrected chi connectivity index (χ4v) is 0.702. The van der Waals surface area contributed by atoms with Gasteiger partial charge < -0.3 is 9.52 Å². The van der Waals surface area contributed by atoms with Crippen LogP contribution in [0.2, 0.25) is 0 Å². The van der Waals surface area contributed by atoms with Gasteiger partial charge in [-0.3, -0.25) is 4.79 Å². The number of hydrogen-bond acceptors (Lipinski definition) is 3. The molecule has 0 fully saturated rings. The predicted octanol–water partition coefficient (Wildman–Crippen LogP) is 2.33. The Morgan fingerprint density at radius 2 is 2.31 bits per heavy atom. The van der Waals surface area contributed by atoms with Gasteiger partial charge in [0.1, 0.15) is 6.26 Å². The molecule has 0 amide bonds. The number of carboxylic acid groups (broad SMARTS) is 1. The molecule has 0 saturated heterocycles. The highest BCUT2D eigenvalue weighted by atomic mass is 16.4. The SMILES string of the molecule is CCCCCC(=O)O.c1cocn1. The summed E-state index contributed by atoms with van der Waals surface area (Å²) in [4.78, 5) is 13.4. The molecule has 0 aliphatic carbocycles. The van der Waals surface area contributed by atoms with Crippen LogP contribution >= 0.6 is 0 Å². The van der Waals surface area contributed by atoms with E-state index in [4.69, 9.17) is 5.11 Å². The minimum atomic E-state index is -0.682. The number of carboxylic acids is 1. The van der Waals surface area contributed by atoms with Gasteiger partial charge in [0.2, 0.25) is 0 Å². The van der Waals surface area contributed by atoms with Crippen molar-refractivity contribution in [1.82, 2.24) is 4.98 Å². The summed E-state index contributed by atoms with van der Waals surface area (Å²) in [5, 5.41) is 8.14. The molecule has 4 nitrogen and oxygen atoms in total. The van der Waals surface area contributed by atoms with Crippen molar-refractivity contribution in [3.8, 4) is 0 Å². The van der Waals surface area contributed by atoms with E-state index in [0.29, 0.717) is 6.42 Å². The summed E-state index contributed by atoms with van der Waals surface area (Å²) in [5.41, 5.74) is 0. The molecule has 13 heavy (non-hydrogen) atoms. The number of carbonyl (C=O) groups is 1. The maximum Gasteiger partial charge on any atom is 0.303 e. The van der Waals surface area contributed by atoms with Crippen molar-refractivity contribution in [3.05, 3.63) is 18.9 Å². The quantitative estimate of drug-likeness (QED) is 0.731. The van der Waals surface area contributed by atoms with Crippen LogP contribution in [-0.2, 0) is 4.79 Å². The Balaban J connectivity index is 0.000000243. The fourth-order valence-electron chi connectivity index (χ4n) is 0.702. The van der Waals surface area contributed by atoms with Gasteiger partial charge in [-0.25, -0.2) is 4.98 Å². The maximum atomic E-state index is 9.87. The molecule has 0 unspecified atom stereocenters. The zero-order valence-electron chi connectivity index (χ0n) is 7.77. The molecule has 0 atom stereocenters. The first-order valence-corrected chi connectivity index (χ1v) is 4.31. The predicted molar refractivity (Wildman–Crippen MR) is 48.3 cm³/mol. The van der Waals surface area contributed by atoms with Crippen molar-refractivity contribution in [3.63, 3.8) is 0 Å². The van der Waals surface area contributed by atoms with E-state index in [1.165, 1.54) is 12.7 Å². The van der Waals surface area contributed by atoms with E-state index in [1.54, 1.807) is 6.20 Å². The largest absolute Gasteiger partial charge is 0.481 e. The van der Waals surface area contributed by atoms with Crippen molar-refractivity contribution in [1.29, 1.82) is 0 Å². The molecule has 0 bridgehead atoms. The second-order valence-electron chi connectivity index (χ2n) is 2.53. The summed E-state index contributed by atoms with van der Waals surface area (Å²) in [6.45, 7) is 2.06. The smallest absolute Gasteiger partial charge is 0.303 e. The zero-order valence-corrected chi connectivity index (χ0v) is 7.77. The lowest BCUT2D eigenvalue weighted by Crippen LogP contribution is -1.92. The Morgan fingerprint density at radius 1 is 1.54 bits per heavy atom. The maximum absolute atomic E-state index is 9.87. The van der Waals surface area contributed by atoms with Gasteiger partial charge in [-0.05, 0) is 6.42 Å². The molecule has 4 heteroatoms. The Kier molecular flexibility index (Phi) is 7.88. The van der Waals surface area contributed by atoms with Crippen LogP contribution in [0.1, 0.15) is 32.6 Å². The van der Waals surface area contributed by atoms with E-state index in [2.05, 4.69) is 16.3 Å². The molecule has 0 aromatic carbocycles. The van der Waals surface area contributed by atoms with Gasteiger partial charge in [-0.1, -0.05) is 19.8 Å². The van der Waals surface area contributed by atoms with Crippen LogP contribution in [0.4, 0.5) is 0 Å². The third kappa shape index (κ3) is 10.7. The number of aromatic nitrogens is 1. The third-order valence-electron chi connectivity index (χ3n) is 1.34. The highest BCUT2D eigenvalue weighted by molar-refractivity contribution is 5.66. The van der Waals surface area contributed by atoms with Crippen LogP contribution in [-0.4, -0.2) is 16.1 Å². The highest BCUT2D eigenvalue weighted by Crippen LogP contribution is 1.97. The van der Waals surface area contributed by atoms with Crippen LogP contribution in [0.25, 0.3) is 0 Å². The van der Waals surface area contributed by atoms with Gasteiger partial charge >= 0.3 is 5.97 Å². The number of unbranched alkanes of at least 4 members (excludes halogenated alkanes) is 2. The molecule has 0 aliphatic rings. The molecule has 0 saturated carbocycles. The molecule has 74 valence electrons. The summed E-state index contributed by atoms with van der Waals surface area (Å²) in [5.74, 6) is -0.682. The first kappa shape index (κ1) is 11.7. The van der Waals surface area contributed by atoms with E-state index < -0.39 is 5.97 Å². The number of aliphatic carboxylic acids is 1. The van der Waals surface area contributed by atoms with Crippen LogP contribution in [0.15, 0.2) is 23.3 Å². The summed E-state index contributed by atoms with van der Waals surface area (Å²) in [6, 6.07) is 0. The second kappa shape index (κ2) is 8.77. The van der Waals surface area contributed by atoms with Crippen molar-refractivity contribution in [2.45, 2.75) is 32.6 Å². The fraction of sp³-hybridized carbons (Fsp3) is 0.556. The monoisotopic (exact) mass is 185 g/mol. The second-order valence-corrected chi connectivity index (χ2v) is 2.53. The molecular weight excluding hydrogens is 170 g/mol. The molecular formula is C9H15NO3. The molecule has 1 rings (SSSR count). The summed E-state index contributed by atoms with van der Waals surface area (Å²) < 4.78 is 4.47. The zero-order chi connectivity index (χ0) is 9.94. The van der Waals surface area contributed by atoms with Crippen LogP contribution < -0.4 is 0 Å². The van der Waals surface area contributed by atoms with E-state index in [9.17, 15) is 4.79 Å². The van der Waals surface area contributed by atoms with Crippen molar-refractivity contribution < 1.29 is 14.3 Å². The molecule has 1 aromatic heterocycles. The molecule has 0 spiro atoms. The number of rotatable bonds is 4. The Labute approximate surface area is 77.6 Å². The average Bonchev–Trinajstić information content (AvgIpc) is 2.61. The van der Waals surface area contributed by atoms with E-state index in [-0.39, 0.29) is 0 Å². The standard InChI is InChI=1S/C6H12O2.C3H3NO/c1-2-3-4-5-6(7)8;1-2-5-3-4-1/h2-5H2,1H3,(H,7,8);1-3H. The van der Waals surface area contributed by atoms with Crippen molar-refractivity contribution >= 4 is 5.97 Å². The van der Waals surface area contributed by atoms with Gasteiger partial charge in [0.15, 0.2) is 6.39 Å². The van der Waals surface area contributed by atoms with Gasteiger partial charge in [-0.15, -0.1) is 0 Å². The number of oxazole rings is 1. The van der Waals surface area contributed by atoms with Crippen LogP contribution in [0.3, 0.4) is 0 Å². The lowest BCUT2D eigenvalue weighted by atomic mass is 10.2. The van der Waals surface area contributed by atoms with E-state index in [1.807, 2.05) is 0 Å². The highest BCUT2D eigenvalue weighted by Gasteiger charge is 1.92. The number of nitrogens with zero attached hydrogens (tertiary/aromatic N) is 1. The third-order valence-corrected chi connectivity index (χ3v) is 1.34. The lowest BCUT2D eigenvalue weighted by Gasteiger charge is -1.89. The summed E-state index contributed by atoms with van der Waals surface area (Å²) in [7, 11) is 0. The van der Waals surface area contributed by atoms with Gasteiger partial charge in [-0.2, -0.15) is 0 Å². The van der Waals surface area contributed by atoms with E-state index in [0.717, 1.165) is 19.3 Å². The Morgan fingerprint density at radius 3 is 2.62 bits per heavy atom. The number of hydrogen-bond donors (Lipinski definition) is 1. The lowest BCUT2D eigenvalue weighted by molar-refractivity contribution is -0.137.